The summed E-state index contributed by atoms with van der Waals surface area (Å²) in [5.41, 5.74) is 0.990. The number of hydrogen-bond donors (Lipinski definition) is 1. The molecule has 1 unspecified atom stereocenters. The van der Waals surface area contributed by atoms with Gasteiger partial charge in [-0.1, -0.05) is 0 Å². The first-order chi connectivity index (χ1) is 9.11. The summed E-state index contributed by atoms with van der Waals surface area (Å²) < 4.78 is 4.34. The van der Waals surface area contributed by atoms with Gasteiger partial charge in [0.25, 0.3) is 0 Å². The van der Waals surface area contributed by atoms with Gasteiger partial charge in [0.15, 0.2) is 0 Å². The van der Waals surface area contributed by atoms with Gasteiger partial charge in [0.2, 0.25) is 5.91 Å². The summed E-state index contributed by atoms with van der Waals surface area (Å²) in [4.78, 5) is 12.0. The van der Waals surface area contributed by atoms with E-state index in [1.165, 1.54) is 0 Å². The lowest BCUT2D eigenvalue weighted by Gasteiger charge is -2.13. The molecule has 1 N–H and O–H groups in total. The summed E-state index contributed by atoms with van der Waals surface area (Å²) >= 11 is 3.31. The Kier molecular flexibility index (Phi) is 4.36. The quantitative estimate of drug-likeness (QED) is 0.910. The van der Waals surface area contributed by atoms with Gasteiger partial charge in [-0.25, -0.2) is 0 Å². The maximum Gasteiger partial charge on any atom is 0.244 e. The van der Waals surface area contributed by atoms with Gasteiger partial charge < -0.3 is 5.32 Å². The van der Waals surface area contributed by atoms with Crippen LogP contribution in [0.4, 0.5) is 0 Å². The lowest BCUT2D eigenvalue weighted by molar-refractivity contribution is -0.124. The van der Waals surface area contributed by atoms with E-state index < -0.39 is 0 Å². The number of amides is 1. The van der Waals surface area contributed by atoms with E-state index in [9.17, 15) is 4.79 Å². The van der Waals surface area contributed by atoms with Gasteiger partial charge in [0.05, 0.1) is 22.9 Å². The molecule has 2 aromatic rings. The summed E-state index contributed by atoms with van der Waals surface area (Å²) in [7, 11) is 0. The van der Waals surface area contributed by atoms with Gasteiger partial charge in [-0.15, -0.1) is 0 Å². The highest BCUT2D eigenvalue weighted by atomic mass is 79.9. The SMILES string of the molecule is CCn1nccc1CNC(=O)C(C)n1cc(Br)cn1. The molecule has 0 fully saturated rings. The Bertz CT molecular complexity index is 562. The zero-order valence-electron chi connectivity index (χ0n) is 10.9. The van der Waals surface area contributed by atoms with Crippen molar-refractivity contribution in [2.24, 2.45) is 0 Å². The molecule has 7 heteroatoms. The molecule has 0 spiro atoms. The fourth-order valence-corrected chi connectivity index (χ4v) is 2.07. The monoisotopic (exact) mass is 325 g/mol. The molecule has 0 bridgehead atoms. The summed E-state index contributed by atoms with van der Waals surface area (Å²) in [6, 6.07) is 1.56. The Labute approximate surface area is 119 Å². The number of hydrogen-bond acceptors (Lipinski definition) is 3. The normalized spacial score (nSPS) is 12.4. The minimum absolute atomic E-state index is 0.0700. The van der Waals surface area contributed by atoms with Crippen LogP contribution in [0.15, 0.2) is 29.1 Å². The Morgan fingerprint density at radius 2 is 2.32 bits per heavy atom. The van der Waals surface area contributed by atoms with Crippen LogP contribution in [0.5, 0.6) is 0 Å². The Morgan fingerprint density at radius 3 is 2.95 bits per heavy atom. The molecule has 2 heterocycles. The van der Waals surface area contributed by atoms with E-state index in [2.05, 4.69) is 31.4 Å². The number of carbonyl (C=O) groups excluding carboxylic acids is 1. The van der Waals surface area contributed by atoms with Crippen LogP contribution in [-0.4, -0.2) is 25.5 Å². The number of rotatable bonds is 5. The van der Waals surface area contributed by atoms with Gasteiger partial charge >= 0.3 is 0 Å². The molecule has 0 aliphatic rings. The van der Waals surface area contributed by atoms with Gasteiger partial charge in [0, 0.05) is 18.9 Å². The van der Waals surface area contributed by atoms with Crippen LogP contribution >= 0.6 is 15.9 Å². The van der Waals surface area contributed by atoms with Crippen LogP contribution < -0.4 is 5.32 Å². The molecule has 1 amide bonds. The van der Waals surface area contributed by atoms with Crippen molar-refractivity contribution in [1.82, 2.24) is 24.9 Å². The molecule has 102 valence electrons. The summed E-state index contributed by atoms with van der Waals surface area (Å²) in [6.45, 7) is 5.09. The van der Waals surface area contributed by atoms with Gasteiger partial charge in [-0.3, -0.25) is 14.2 Å². The van der Waals surface area contributed by atoms with Crippen molar-refractivity contribution < 1.29 is 4.79 Å². The van der Waals surface area contributed by atoms with E-state index in [4.69, 9.17) is 0 Å². The highest BCUT2D eigenvalue weighted by Gasteiger charge is 2.15. The average Bonchev–Trinajstić information content (AvgIpc) is 3.03. The number of nitrogens with one attached hydrogen (secondary N) is 1. The largest absolute Gasteiger partial charge is 0.349 e. The molecule has 0 radical (unpaired) electrons. The first kappa shape index (κ1) is 13.8. The molecule has 0 saturated carbocycles. The van der Waals surface area contributed by atoms with Crippen molar-refractivity contribution >= 4 is 21.8 Å². The van der Waals surface area contributed by atoms with Crippen LogP contribution in [0.25, 0.3) is 0 Å². The summed E-state index contributed by atoms with van der Waals surface area (Å²) in [5, 5.41) is 11.2. The van der Waals surface area contributed by atoms with Crippen molar-refractivity contribution in [1.29, 1.82) is 0 Å². The molecule has 6 nitrogen and oxygen atoms in total. The number of carbonyl (C=O) groups is 1. The minimum atomic E-state index is -0.343. The van der Waals surface area contributed by atoms with Gasteiger partial charge in [0.1, 0.15) is 6.04 Å². The number of aryl methyl sites for hydroxylation is 1. The van der Waals surface area contributed by atoms with Gasteiger partial charge in [-0.2, -0.15) is 10.2 Å². The molecular formula is C12H16BrN5O. The first-order valence-corrected chi connectivity index (χ1v) is 6.89. The molecule has 19 heavy (non-hydrogen) atoms. The van der Waals surface area contributed by atoms with E-state index >= 15 is 0 Å². The van der Waals surface area contributed by atoms with E-state index in [1.807, 2.05) is 24.6 Å². The maximum absolute atomic E-state index is 12.0. The summed E-state index contributed by atoms with van der Waals surface area (Å²) in [5.74, 6) is -0.0700. The Balaban J connectivity index is 1.94. The highest BCUT2D eigenvalue weighted by molar-refractivity contribution is 9.10. The predicted molar refractivity (Wildman–Crippen MR) is 74.4 cm³/mol. The molecule has 0 saturated heterocycles. The fraction of sp³-hybridized carbons (Fsp3) is 0.417. The molecular weight excluding hydrogens is 310 g/mol. The van der Waals surface area contributed by atoms with Crippen molar-refractivity contribution in [3.63, 3.8) is 0 Å². The topological polar surface area (TPSA) is 64.7 Å². The average molecular weight is 326 g/mol. The van der Waals surface area contributed by atoms with Crippen molar-refractivity contribution in [3.05, 3.63) is 34.8 Å². The molecule has 0 aromatic carbocycles. The second-order valence-electron chi connectivity index (χ2n) is 4.17. The first-order valence-electron chi connectivity index (χ1n) is 6.10. The van der Waals surface area contributed by atoms with E-state index in [0.717, 1.165) is 16.7 Å². The molecule has 1 atom stereocenters. The Morgan fingerprint density at radius 1 is 1.53 bits per heavy atom. The second-order valence-corrected chi connectivity index (χ2v) is 5.09. The van der Waals surface area contributed by atoms with Gasteiger partial charge in [-0.05, 0) is 35.8 Å². The van der Waals surface area contributed by atoms with Crippen molar-refractivity contribution in [2.75, 3.05) is 0 Å². The zero-order chi connectivity index (χ0) is 13.8. The highest BCUT2D eigenvalue weighted by Crippen LogP contribution is 2.11. The van der Waals surface area contributed by atoms with Crippen LogP contribution in [0, 0.1) is 0 Å². The fourth-order valence-electron chi connectivity index (χ4n) is 1.77. The van der Waals surface area contributed by atoms with Crippen LogP contribution in [0.2, 0.25) is 0 Å². The maximum atomic E-state index is 12.0. The third-order valence-electron chi connectivity index (χ3n) is 2.89. The number of aromatic nitrogens is 4. The smallest absolute Gasteiger partial charge is 0.244 e. The molecule has 2 aromatic heterocycles. The Hall–Kier alpha value is -1.63. The lowest BCUT2D eigenvalue weighted by atomic mass is 10.3. The third-order valence-corrected chi connectivity index (χ3v) is 3.30. The second kappa shape index (κ2) is 6.01. The van der Waals surface area contributed by atoms with Crippen molar-refractivity contribution in [3.8, 4) is 0 Å². The minimum Gasteiger partial charge on any atom is -0.349 e. The number of halogens is 1. The zero-order valence-corrected chi connectivity index (χ0v) is 12.5. The molecule has 0 aliphatic carbocycles. The summed E-state index contributed by atoms with van der Waals surface area (Å²) in [6.07, 6.45) is 5.18. The third kappa shape index (κ3) is 3.23. The molecule has 2 rings (SSSR count). The number of nitrogens with zero attached hydrogens (tertiary/aromatic N) is 4. The lowest BCUT2D eigenvalue weighted by Crippen LogP contribution is -2.31. The van der Waals surface area contributed by atoms with E-state index in [1.54, 1.807) is 23.3 Å². The van der Waals surface area contributed by atoms with E-state index in [-0.39, 0.29) is 11.9 Å². The van der Waals surface area contributed by atoms with Crippen LogP contribution in [-0.2, 0) is 17.9 Å². The van der Waals surface area contributed by atoms with Crippen molar-refractivity contribution in [2.45, 2.75) is 33.0 Å². The predicted octanol–water partition coefficient (Wildman–Crippen LogP) is 1.74. The standard InChI is InChI=1S/C12H16BrN5O/c1-3-17-11(4-5-15-17)7-14-12(19)9(2)18-8-10(13)6-16-18/h4-6,8-9H,3,7H2,1-2H3,(H,14,19). The van der Waals surface area contributed by atoms with Crippen LogP contribution in [0.3, 0.4) is 0 Å². The molecule has 0 aliphatic heterocycles. The van der Waals surface area contributed by atoms with Crippen LogP contribution in [0.1, 0.15) is 25.6 Å². The van der Waals surface area contributed by atoms with E-state index in [0.29, 0.717) is 6.54 Å².